The molecule has 0 saturated heterocycles. The molecule has 0 fully saturated rings. The number of aromatic nitrogens is 6. The van der Waals surface area contributed by atoms with Crippen LogP contribution < -0.4 is 20.3 Å². The van der Waals surface area contributed by atoms with Crippen LogP contribution in [0.2, 0.25) is 0 Å². The number of cyclic esters (lactones) is 1. The van der Waals surface area contributed by atoms with Gasteiger partial charge in [-0.25, -0.2) is 9.78 Å². The van der Waals surface area contributed by atoms with E-state index < -0.39 is 17.5 Å². The monoisotopic (exact) mass is 1060 g/mol. The van der Waals surface area contributed by atoms with Gasteiger partial charge in [-0.15, -0.1) is 0 Å². The second-order valence-electron chi connectivity index (χ2n) is 20.0. The second-order valence-corrected chi connectivity index (χ2v) is 20.0. The molecule has 17 nitrogen and oxygen atoms in total. The zero-order valence-corrected chi connectivity index (χ0v) is 44.5. The first-order valence-electron chi connectivity index (χ1n) is 26.9. The summed E-state index contributed by atoms with van der Waals surface area (Å²) < 4.78 is 19.1. The first-order valence-corrected chi connectivity index (χ1v) is 26.9. The second kappa shape index (κ2) is 24.9. The fourth-order valence-electron chi connectivity index (χ4n) is 10.5. The highest BCUT2D eigenvalue weighted by atomic mass is 16.6. The highest BCUT2D eigenvalue weighted by molar-refractivity contribution is 5.90. The van der Waals surface area contributed by atoms with Gasteiger partial charge in [0, 0.05) is 93.5 Å². The summed E-state index contributed by atoms with van der Waals surface area (Å²) >= 11 is 0. The van der Waals surface area contributed by atoms with E-state index in [1.807, 2.05) is 105 Å². The number of fused-ring (bicyclic) bond motifs is 5. The number of hydrogen-bond donors (Lipinski definition) is 2. The molecule has 2 aliphatic heterocycles. The van der Waals surface area contributed by atoms with Gasteiger partial charge in [0.2, 0.25) is 5.91 Å². The van der Waals surface area contributed by atoms with Crippen molar-refractivity contribution in [3.05, 3.63) is 207 Å². The van der Waals surface area contributed by atoms with Crippen molar-refractivity contribution in [1.29, 1.82) is 0 Å². The van der Waals surface area contributed by atoms with Crippen LogP contribution in [-0.2, 0) is 83.6 Å². The van der Waals surface area contributed by atoms with Crippen molar-refractivity contribution < 1.29 is 33.7 Å². The first kappa shape index (κ1) is 53.9. The van der Waals surface area contributed by atoms with Crippen molar-refractivity contribution in [2.45, 2.75) is 110 Å². The number of unbranched alkanes of at least 4 members (excludes halogenated alkanes) is 1. The quantitative estimate of drug-likeness (QED) is 0.0332. The van der Waals surface area contributed by atoms with E-state index in [2.05, 4.69) is 53.3 Å². The van der Waals surface area contributed by atoms with Crippen LogP contribution in [0.5, 0.6) is 11.5 Å². The molecule has 0 spiro atoms. The topological polar surface area (TPSA) is 204 Å². The molecule has 17 heteroatoms. The SMILES string of the molecule is CCc1c2c(nc3ccc(OC(=O)CCC(=O)NCCCCOc4cc(CN(Cc5ccccn5)Cc5ccccn5)cc(CN(Cc5ccccn5)Cc5ccccn5)c4)cc13)-c1cc3c(c(=O)n1C2)COC(=O)[C@@]3(O)CC. The Bertz CT molecular complexity index is 3320. The Morgan fingerprint density at radius 3 is 1.84 bits per heavy atom. The number of carbonyl (C=O) groups excluding carboxylic acids is 3. The van der Waals surface area contributed by atoms with Crippen LogP contribution in [0, 0.1) is 0 Å². The van der Waals surface area contributed by atoms with E-state index >= 15 is 0 Å². The fourth-order valence-corrected chi connectivity index (χ4v) is 10.5. The van der Waals surface area contributed by atoms with Gasteiger partial charge in [-0.05, 0) is 127 Å². The van der Waals surface area contributed by atoms with Gasteiger partial charge in [0.1, 0.15) is 18.1 Å². The normalized spacial score (nSPS) is 14.4. The fraction of sp³-hybridized carbons (Fsp3) is 0.306. The number of amides is 1. The van der Waals surface area contributed by atoms with E-state index in [0.717, 1.165) is 56.2 Å². The van der Waals surface area contributed by atoms with E-state index in [1.54, 1.807) is 35.8 Å². The molecule has 1 amide bonds. The molecule has 2 aliphatic rings. The molecule has 1 atom stereocenters. The molecule has 8 aromatic rings. The number of rotatable bonds is 24. The van der Waals surface area contributed by atoms with E-state index in [-0.39, 0.29) is 55.0 Å². The van der Waals surface area contributed by atoms with Crippen LogP contribution in [0.15, 0.2) is 145 Å². The van der Waals surface area contributed by atoms with Gasteiger partial charge in [-0.2, -0.15) is 0 Å². The summed E-state index contributed by atoms with van der Waals surface area (Å²) in [4.78, 5) is 80.6. The lowest BCUT2D eigenvalue weighted by Gasteiger charge is -2.31. The highest BCUT2D eigenvalue weighted by Crippen LogP contribution is 2.41. The van der Waals surface area contributed by atoms with E-state index in [0.29, 0.717) is 94.3 Å². The van der Waals surface area contributed by atoms with Crippen LogP contribution in [-0.4, -0.2) is 75.4 Å². The molecule has 6 aromatic heterocycles. The zero-order valence-electron chi connectivity index (χ0n) is 44.5. The third-order valence-corrected chi connectivity index (χ3v) is 14.4. The lowest BCUT2D eigenvalue weighted by Crippen LogP contribution is -2.44. The molecule has 2 aromatic carbocycles. The minimum atomic E-state index is -1.92. The van der Waals surface area contributed by atoms with E-state index in [1.165, 1.54) is 0 Å². The molecule has 0 unspecified atom stereocenters. The van der Waals surface area contributed by atoms with E-state index in [9.17, 15) is 24.3 Å². The average Bonchev–Trinajstić information content (AvgIpc) is 3.90. The maximum absolute atomic E-state index is 13.8. The molecule has 0 radical (unpaired) electrons. The Labute approximate surface area is 458 Å². The Morgan fingerprint density at radius 1 is 0.696 bits per heavy atom. The molecule has 404 valence electrons. The van der Waals surface area contributed by atoms with Crippen molar-refractivity contribution in [2.24, 2.45) is 0 Å². The maximum Gasteiger partial charge on any atom is 0.343 e. The molecule has 0 bridgehead atoms. The highest BCUT2D eigenvalue weighted by Gasteiger charge is 2.45. The van der Waals surface area contributed by atoms with Crippen LogP contribution in [0.25, 0.3) is 22.3 Å². The number of pyridine rings is 6. The van der Waals surface area contributed by atoms with Crippen molar-refractivity contribution in [2.75, 3.05) is 13.2 Å². The van der Waals surface area contributed by atoms with Gasteiger partial charge in [0.05, 0.1) is 64.8 Å². The van der Waals surface area contributed by atoms with Crippen LogP contribution >= 0.6 is 0 Å². The molecular weight excluding hydrogens is 999 g/mol. The summed E-state index contributed by atoms with van der Waals surface area (Å²) in [6.07, 6.45) is 9.11. The number of hydrogen-bond acceptors (Lipinski definition) is 15. The molecular formula is C62H63N9O8. The summed E-state index contributed by atoms with van der Waals surface area (Å²) in [5, 5.41) is 15.0. The Morgan fingerprint density at radius 2 is 1.29 bits per heavy atom. The van der Waals surface area contributed by atoms with Gasteiger partial charge in [0.15, 0.2) is 5.60 Å². The van der Waals surface area contributed by atoms with Gasteiger partial charge >= 0.3 is 11.9 Å². The largest absolute Gasteiger partial charge is 0.494 e. The number of ether oxygens (including phenoxy) is 3. The third kappa shape index (κ3) is 12.9. The Hall–Kier alpha value is -8.51. The predicted molar refractivity (Wildman–Crippen MR) is 296 cm³/mol. The number of nitrogens with one attached hydrogen (secondary N) is 1. The third-order valence-electron chi connectivity index (χ3n) is 14.4. The van der Waals surface area contributed by atoms with Crippen molar-refractivity contribution in [3.8, 4) is 22.9 Å². The summed E-state index contributed by atoms with van der Waals surface area (Å²) in [6.45, 7) is 8.32. The smallest absolute Gasteiger partial charge is 0.343 e. The van der Waals surface area contributed by atoms with Gasteiger partial charge in [-0.1, -0.05) is 44.2 Å². The maximum atomic E-state index is 13.8. The van der Waals surface area contributed by atoms with Crippen molar-refractivity contribution in [1.82, 2.24) is 44.6 Å². The lowest BCUT2D eigenvalue weighted by atomic mass is 9.86. The van der Waals surface area contributed by atoms with Crippen LogP contribution in [0.4, 0.5) is 0 Å². The number of esters is 2. The molecule has 8 heterocycles. The predicted octanol–water partition coefficient (Wildman–Crippen LogP) is 8.29. The molecule has 79 heavy (non-hydrogen) atoms. The summed E-state index contributed by atoms with van der Waals surface area (Å²) in [5.41, 5.74) is 7.81. The van der Waals surface area contributed by atoms with Crippen LogP contribution in [0.1, 0.15) is 102 Å². The number of carbonyl (C=O) groups is 3. The zero-order chi connectivity index (χ0) is 54.7. The van der Waals surface area contributed by atoms with Gasteiger partial charge in [-0.3, -0.25) is 44.1 Å². The number of aliphatic hydroxyl groups is 1. The van der Waals surface area contributed by atoms with Gasteiger partial charge < -0.3 is 29.2 Å². The Kier molecular flexibility index (Phi) is 17.0. The molecule has 0 saturated carbocycles. The van der Waals surface area contributed by atoms with Crippen molar-refractivity contribution in [3.63, 3.8) is 0 Å². The molecule has 2 N–H and O–H groups in total. The minimum Gasteiger partial charge on any atom is -0.494 e. The number of aryl methyl sites for hydroxylation is 1. The van der Waals surface area contributed by atoms with Crippen molar-refractivity contribution >= 4 is 28.7 Å². The number of nitrogens with zero attached hydrogens (tertiary/aromatic N) is 8. The summed E-state index contributed by atoms with van der Waals surface area (Å²) in [5.74, 6) is -0.510. The Balaban J connectivity index is 0.751. The number of benzene rings is 2. The minimum absolute atomic E-state index is 0.0378. The molecule has 10 rings (SSSR count). The lowest BCUT2D eigenvalue weighted by molar-refractivity contribution is -0.172. The standard InChI is InChI=1S/C62H63N9O8/c1-3-50-51-32-48(19-20-55(51)68-59-52(50)40-71-56(59)33-54-53(60(71)74)41-78-61(75)62(54,76)4-2)79-58(73)22-21-57(72)67-27-13-14-28-77-49-30-42(34-69(36-44-15-5-9-23-63-44)37-45-16-6-10-24-64-45)29-43(31-49)35-70(38-46-17-7-11-25-65-46)39-47-18-8-12-26-66-47/h5-12,15-20,23-26,29-33,76H,3-4,13-14,21-22,27-28,34-41H2,1-2H3,(H,67,72)/t62-/m1/s1. The van der Waals surface area contributed by atoms with Crippen LogP contribution in [0.3, 0.4) is 0 Å². The summed E-state index contributed by atoms with van der Waals surface area (Å²) in [7, 11) is 0. The van der Waals surface area contributed by atoms with E-state index in [4.69, 9.17) is 19.2 Å². The molecule has 0 aliphatic carbocycles. The van der Waals surface area contributed by atoms with Gasteiger partial charge in [0.25, 0.3) is 5.56 Å². The first-order chi connectivity index (χ1) is 38.5. The summed E-state index contributed by atoms with van der Waals surface area (Å²) in [6, 6.07) is 37.2. The average molecular weight is 1060 g/mol.